The molecule has 1 fully saturated rings. The highest BCUT2D eigenvalue weighted by molar-refractivity contribution is 7.19. The molecule has 7 nitrogen and oxygen atoms in total. The van der Waals surface area contributed by atoms with Crippen LogP contribution in [0.5, 0.6) is 0 Å². The number of likely N-dealkylation sites (N-methyl/N-ethyl adjacent to an activating group) is 1. The zero-order valence-electron chi connectivity index (χ0n) is 19.3. The van der Waals surface area contributed by atoms with Gasteiger partial charge in [-0.3, -0.25) is 14.5 Å². The number of rotatable bonds is 9. The van der Waals surface area contributed by atoms with E-state index >= 15 is 0 Å². The van der Waals surface area contributed by atoms with Crippen LogP contribution in [0.2, 0.25) is 0 Å². The van der Waals surface area contributed by atoms with E-state index in [1.54, 1.807) is 13.8 Å². The van der Waals surface area contributed by atoms with Crippen LogP contribution in [0.4, 0.5) is 10.7 Å². The molecule has 1 aliphatic rings. The largest absolute Gasteiger partial charge is 0.462 e. The van der Waals surface area contributed by atoms with E-state index in [0.717, 1.165) is 29.0 Å². The van der Waals surface area contributed by atoms with Gasteiger partial charge in [-0.05, 0) is 70.7 Å². The molecule has 2 N–H and O–H groups in total. The summed E-state index contributed by atoms with van der Waals surface area (Å²) >= 11 is 1.09. The minimum absolute atomic E-state index is 0.204. The first-order valence-electron chi connectivity index (χ1n) is 10.9. The zero-order chi connectivity index (χ0) is 23.4. The van der Waals surface area contributed by atoms with Crippen LogP contribution < -0.4 is 10.6 Å². The molecule has 0 unspecified atom stereocenters. The first-order valence-corrected chi connectivity index (χ1v) is 11.7. The number of carbonyl (C=O) groups excluding carboxylic acids is 3. The van der Waals surface area contributed by atoms with Crippen LogP contribution in [0, 0.1) is 26.7 Å². The number of hydrogen-bond acceptors (Lipinski definition) is 6. The predicted octanol–water partition coefficient (Wildman–Crippen LogP) is 4.38. The van der Waals surface area contributed by atoms with E-state index < -0.39 is 5.97 Å². The molecule has 0 bridgehead atoms. The first kappa shape index (κ1) is 23.9. The van der Waals surface area contributed by atoms with Crippen molar-refractivity contribution in [2.45, 2.75) is 40.5 Å². The number of thiophene rings is 1. The lowest BCUT2D eigenvalue weighted by atomic mass is 10.1. The van der Waals surface area contributed by atoms with Crippen molar-refractivity contribution in [2.75, 3.05) is 37.4 Å². The van der Waals surface area contributed by atoms with Crippen molar-refractivity contribution in [3.8, 4) is 0 Å². The quantitative estimate of drug-likeness (QED) is 0.546. The molecule has 1 aromatic heterocycles. The molecule has 1 aromatic carbocycles. The highest BCUT2D eigenvalue weighted by atomic mass is 32.1. The molecule has 0 aliphatic heterocycles. The van der Waals surface area contributed by atoms with E-state index in [4.69, 9.17) is 4.74 Å². The van der Waals surface area contributed by atoms with Gasteiger partial charge in [0, 0.05) is 12.2 Å². The maximum atomic E-state index is 13.0. The fraction of sp³-hybridized carbons (Fsp3) is 0.458. The number of nitrogens with zero attached hydrogens (tertiary/aromatic N) is 1. The summed E-state index contributed by atoms with van der Waals surface area (Å²) in [6.45, 7) is 8.65. The Morgan fingerprint density at radius 2 is 1.88 bits per heavy atom. The van der Waals surface area contributed by atoms with Crippen LogP contribution >= 0.6 is 11.3 Å². The van der Waals surface area contributed by atoms with Crippen LogP contribution in [-0.4, -0.2) is 49.4 Å². The summed E-state index contributed by atoms with van der Waals surface area (Å²) in [5.74, 6) is -0.418. The van der Waals surface area contributed by atoms with Gasteiger partial charge in [-0.15, -0.1) is 11.3 Å². The standard InChI is InChI=1S/C24H31N3O4S/c1-6-31-24(30)20-16(4)21(22(29)25-18-10-7-14(2)11-15(18)3)32-23(20)26-19(28)13-27(5)12-17-8-9-17/h7,10-11,17H,6,8-9,12-13H2,1-5H3,(H,25,29)(H,26,28). The molecule has 0 spiro atoms. The number of anilines is 2. The Bertz CT molecular complexity index is 1030. The average molecular weight is 458 g/mol. The Kier molecular flexibility index (Phi) is 7.69. The Morgan fingerprint density at radius 1 is 1.16 bits per heavy atom. The van der Waals surface area contributed by atoms with Gasteiger partial charge in [0.2, 0.25) is 5.91 Å². The first-order chi connectivity index (χ1) is 15.2. The molecule has 0 radical (unpaired) electrons. The number of aryl methyl sites for hydroxylation is 2. The van der Waals surface area contributed by atoms with Gasteiger partial charge in [-0.2, -0.15) is 0 Å². The van der Waals surface area contributed by atoms with Gasteiger partial charge in [0.15, 0.2) is 0 Å². The van der Waals surface area contributed by atoms with E-state index in [1.807, 2.05) is 44.0 Å². The summed E-state index contributed by atoms with van der Waals surface area (Å²) in [4.78, 5) is 40.6. The third-order valence-corrected chi connectivity index (χ3v) is 6.60. The van der Waals surface area contributed by atoms with Crippen LogP contribution in [0.1, 0.15) is 56.5 Å². The number of amides is 2. The van der Waals surface area contributed by atoms with Gasteiger partial charge in [0.1, 0.15) is 5.00 Å². The highest BCUT2D eigenvalue weighted by Gasteiger charge is 2.28. The molecule has 2 amide bonds. The molecule has 1 heterocycles. The van der Waals surface area contributed by atoms with Crippen molar-refractivity contribution in [3.05, 3.63) is 45.3 Å². The minimum atomic E-state index is -0.548. The van der Waals surface area contributed by atoms with Gasteiger partial charge in [0.05, 0.1) is 23.6 Å². The molecule has 1 saturated carbocycles. The molecule has 2 aromatic rings. The van der Waals surface area contributed by atoms with Crippen LogP contribution in [0.25, 0.3) is 0 Å². The van der Waals surface area contributed by atoms with Crippen molar-refractivity contribution >= 4 is 39.8 Å². The van der Waals surface area contributed by atoms with Gasteiger partial charge in [-0.1, -0.05) is 17.7 Å². The zero-order valence-corrected chi connectivity index (χ0v) is 20.1. The average Bonchev–Trinajstić information content (AvgIpc) is 3.45. The fourth-order valence-electron chi connectivity index (χ4n) is 3.62. The molecule has 1 aliphatic carbocycles. The number of carbonyl (C=O) groups is 3. The summed E-state index contributed by atoms with van der Waals surface area (Å²) in [6, 6.07) is 5.78. The molecule has 32 heavy (non-hydrogen) atoms. The highest BCUT2D eigenvalue weighted by Crippen LogP contribution is 2.35. The molecule has 0 atom stereocenters. The number of ether oxygens (including phenoxy) is 1. The maximum Gasteiger partial charge on any atom is 0.341 e. The molecular weight excluding hydrogens is 426 g/mol. The smallest absolute Gasteiger partial charge is 0.341 e. The Morgan fingerprint density at radius 3 is 2.50 bits per heavy atom. The summed E-state index contributed by atoms with van der Waals surface area (Å²) in [5, 5.41) is 6.09. The van der Waals surface area contributed by atoms with Crippen LogP contribution in [0.15, 0.2) is 18.2 Å². The normalized spacial score (nSPS) is 13.2. The summed E-state index contributed by atoms with van der Waals surface area (Å²) in [5.41, 5.74) is 3.50. The lowest BCUT2D eigenvalue weighted by Gasteiger charge is -2.15. The van der Waals surface area contributed by atoms with Crippen molar-refractivity contribution in [2.24, 2.45) is 5.92 Å². The van der Waals surface area contributed by atoms with Crippen LogP contribution in [-0.2, 0) is 9.53 Å². The van der Waals surface area contributed by atoms with Gasteiger partial charge in [-0.25, -0.2) is 4.79 Å². The molecule has 0 saturated heterocycles. The molecule has 8 heteroatoms. The second kappa shape index (κ2) is 10.3. The van der Waals surface area contributed by atoms with Crippen molar-refractivity contribution in [1.82, 2.24) is 4.90 Å². The lowest BCUT2D eigenvalue weighted by molar-refractivity contribution is -0.117. The Hall–Kier alpha value is -2.71. The Labute approximate surface area is 193 Å². The van der Waals surface area contributed by atoms with Crippen LogP contribution in [0.3, 0.4) is 0 Å². The second-order valence-corrected chi connectivity index (χ2v) is 9.46. The topological polar surface area (TPSA) is 87.7 Å². The molecule has 3 rings (SSSR count). The monoisotopic (exact) mass is 457 g/mol. The summed E-state index contributed by atoms with van der Waals surface area (Å²) in [6.07, 6.45) is 2.42. The van der Waals surface area contributed by atoms with Gasteiger partial charge in [0.25, 0.3) is 5.91 Å². The number of nitrogens with one attached hydrogen (secondary N) is 2. The van der Waals surface area contributed by atoms with E-state index in [2.05, 4.69) is 10.6 Å². The van der Waals surface area contributed by atoms with Crippen molar-refractivity contribution < 1.29 is 19.1 Å². The van der Waals surface area contributed by atoms with E-state index in [9.17, 15) is 14.4 Å². The van der Waals surface area contributed by atoms with Gasteiger partial charge >= 0.3 is 5.97 Å². The number of esters is 1. The van der Waals surface area contributed by atoms with E-state index in [1.165, 1.54) is 12.8 Å². The van der Waals surface area contributed by atoms with Crippen molar-refractivity contribution in [3.63, 3.8) is 0 Å². The maximum absolute atomic E-state index is 13.0. The third kappa shape index (κ3) is 5.95. The SMILES string of the molecule is CCOC(=O)c1c(NC(=O)CN(C)CC2CC2)sc(C(=O)Nc2ccc(C)cc2C)c1C. The number of benzene rings is 1. The second-order valence-electron chi connectivity index (χ2n) is 8.44. The van der Waals surface area contributed by atoms with E-state index in [0.29, 0.717) is 27.0 Å². The lowest BCUT2D eigenvalue weighted by Crippen LogP contribution is -2.31. The van der Waals surface area contributed by atoms with Crippen molar-refractivity contribution in [1.29, 1.82) is 0 Å². The third-order valence-electron chi connectivity index (χ3n) is 5.40. The number of hydrogen-bond donors (Lipinski definition) is 2. The molecule has 172 valence electrons. The summed E-state index contributed by atoms with van der Waals surface area (Å²) < 4.78 is 5.19. The summed E-state index contributed by atoms with van der Waals surface area (Å²) in [7, 11) is 1.91. The predicted molar refractivity (Wildman–Crippen MR) is 128 cm³/mol. The minimum Gasteiger partial charge on any atom is -0.462 e. The van der Waals surface area contributed by atoms with Gasteiger partial charge < -0.3 is 15.4 Å². The Balaban J connectivity index is 1.82. The fourth-order valence-corrected chi connectivity index (χ4v) is 4.72. The van der Waals surface area contributed by atoms with E-state index in [-0.39, 0.29) is 30.5 Å². The molecular formula is C24H31N3O4S.